The van der Waals surface area contributed by atoms with Crippen molar-refractivity contribution in [1.29, 1.82) is 0 Å². The van der Waals surface area contributed by atoms with E-state index in [9.17, 15) is 14.7 Å². The first-order valence-corrected chi connectivity index (χ1v) is 13.6. The topological polar surface area (TPSA) is 97.8 Å². The second kappa shape index (κ2) is 17.2. The van der Waals surface area contributed by atoms with Gasteiger partial charge in [-0.3, -0.25) is 9.59 Å². The third kappa shape index (κ3) is 13.3. The second-order valence-corrected chi connectivity index (χ2v) is 10.4. The maximum atomic E-state index is 11.9. The summed E-state index contributed by atoms with van der Waals surface area (Å²) in [5, 5.41) is 10.0. The lowest BCUT2D eigenvalue weighted by molar-refractivity contribution is -0.161. The third-order valence-electron chi connectivity index (χ3n) is 4.94. The molecule has 0 aliphatic rings. The van der Waals surface area contributed by atoms with Crippen molar-refractivity contribution in [3.05, 3.63) is 48.5 Å². The summed E-state index contributed by atoms with van der Waals surface area (Å²) >= 11 is 7.46. The molecule has 0 amide bonds. The van der Waals surface area contributed by atoms with Gasteiger partial charge < -0.3 is 33.9 Å². The van der Waals surface area contributed by atoms with Gasteiger partial charge in [0.1, 0.15) is 30.8 Å². The van der Waals surface area contributed by atoms with Gasteiger partial charge >= 0.3 is 11.9 Å². The van der Waals surface area contributed by atoms with Crippen molar-refractivity contribution in [3.8, 4) is 11.5 Å². The van der Waals surface area contributed by atoms with Crippen molar-refractivity contribution in [3.63, 3.8) is 0 Å². The molecule has 2 atom stereocenters. The van der Waals surface area contributed by atoms with Gasteiger partial charge in [0.05, 0.1) is 18.7 Å². The lowest BCUT2D eigenvalue weighted by Gasteiger charge is -2.18. The van der Waals surface area contributed by atoms with E-state index in [4.69, 9.17) is 30.5 Å². The number of nitrogens with zero attached hydrogens (tertiary/aromatic N) is 2. The van der Waals surface area contributed by atoms with Crippen LogP contribution >= 0.6 is 23.4 Å². The molecule has 210 valence electrons. The summed E-state index contributed by atoms with van der Waals surface area (Å²) < 4.78 is 21.6. The van der Waals surface area contributed by atoms with E-state index in [2.05, 4.69) is 0 Å². The van der Waals surface area contributed by atoms with Crippen molar-refractivity contribution in [1.82, 2.24) is 9.80 Å². The third-order valence-corrected chi connectivity index (χ3v) is 6.21. The Labute approximate surface area is 233 Å². The minimum absolute atomic E-state index is 0.0170. The van der Waals surface area contributed by atoms with Gasteiger partial charge in [0, 0.05) is 22.9 Å². The van der Waals surface area contributed by atoms with Crippen LogP contribution in [0.2, 0.25) is 0 Å². The number of hydrogen-bond donors (Lipinski definition) is 1. The molecule has 0 saturated carbocycles. The van der Waals surface area contributed by atoms with Crippen molar-refractivity contribution in [2.45, 2.75) is 35.0 Å². The number of hydrogen-bond acceptors (Lipinski definition) is 10. The molecule has 9 nitrogen and oxygen atoms in total. The van der Waals surface area contributed by atoms with Gasteiger partial charge in [0.25, 0.3) is 6.29 Å². The molecule has 0 fully saturated rings. The Bertz CT molecular complexity index is 974. The number of carbonyl (C=O) groups excluding carboxylic acids is 2. The SMILES string of the molecule is CN(C)CCC(=O)OCC(O)COc1ccc(Sc2ccc(OC(CCl)OC(=O)CCN(C)C)cc2)cc1. The summed E-state index contributed by atoms with van der Waals surface area (Å²) in [4.78, 5) is 29.3. The number of halogens is 1. The van der Waals surface area contributed by atoms with Gasteiger partial charge in [-0.2, -0.15) is 0 Å². The fourth-order valence-electron chi connectivity index (χ4n) is 2.90. The van der Waals surface area contributed by atoms with Crippen LogP contribution in [0.5, 0.6) is 11.5 Å². The quantitative estimate of drug-likeness (QED) is 0.173. The summed E-state index contributed by atoms with van der Waals surface area (Å²) in [6.07, 6.45) is -1.23. The Kier molecular flexibility index (Phi) is 14.3. The maximum absolute atomic E-state index is 11.9. The van der Waals surface area contributed by atoms with E-state index in [1.165, 1.54) is 0 Å². The van der Waals surface area contributed by atoms with E-state index in [-0.39, 0.29) is 43.9 Å². The molecule has 0 saturated heterocycles. The molecular formula is C27H37ClN2O7S. The van der Waals surface area contributed by atoms with Crippen molar-refractivity contribution < 1.29 is 33.6 Å². The first kappa shape index (κ1) is 31.7. The predicted octanol–water partition coefficient (Wildman–Crippen LogP) is 3.51. The van der Waals surface area contributed by atoms with E-state index < -0.39 is 12.4 Å². The molecule has 2 aromatic carbocycles. The number of alkyl halides is 1. The summed E-state index contributed by atoms with van der Waals surface area (Å²) in [7, 11) is 7.52. The van der Waals surface area contributed by atoms with Crippen LogP contribution in [0, 0.1) is 0 Å². The van der Waals surface area contributed by atoms with Crippen molar-refractivity contribution in [2.24, 2.45) is 0 Å². The lowest BCUT2D eigenvalue weighted by Crippen LogP contribution is -2.27. The lowest BCUT2D eigenvalue weighted by atomic mass is 10.3. The molecular weight excluding hydrogens is 532 g/mol. The Balaban J connectivity index is 1.75. The fourth-order valence-corrected chi connectivity index (χ4v) is 3.84. The summed E-state index contributed by atoms with van der Waals surface area (Å²) in [5.74, 6) is 0.459. The van der Waals surface area contributed by atoms with E-state index in [0.29, 0.717) is 24.6 Å². The Morgan fingerprint density at radius 1 is 0.842 bits per heavy atom. The maximum Gasteiger partial charge on any atom is 0.310 e. The van der Waals surface area contributed by atoms with E-state index in [1.807, 2.05) is 74.4 Å². The predicted molar refractivity (Wildman–Crippen MR) is 147 cm³/mol. The highest BCUT2D eigenvalue weighted by Crippen LogP contribution is 2.30. The molecule has 0 aliphatic heterocycles. The number of rotatable bonds is 17. The molecule has 11 heteroatoms. The molecule has 0 heterocycles. The Hall–Kier alpha value is -2.50. The molecule has 2 aromatic rings. The molecule has 0 bridgehead atoms. The largest absolute Gasteiger partial charge is 0.491 e. The molecule has 0 aliphatic carbocycles. The Morgan fingerprint density at radius 2 is 1.37 bits per heavy atom. The minimum atomic E-state index is -0.909. The van der Waals surface area contributed by atoms with E-state index in [1.54, 1.807) is 23.9 Å². The number of ether oxygens (including phenoxy) is 4. The number of esters is 2. The number of aliphatic hydroxyl groups excluding tert-OH is 1. The molecule has 38 heavy (non-hydrogen) atoms. The van der Waals surface area contributed by atoms with Crippen LogP contribution in [0.3, 0.4) is 0 Å². The molecule has 1 N–H and O–H groups in total. The van der Waals surface area contributed by atoms with E-state index >= 15 is 0 Å². The van der Waals surface area contributed by atoms with Crippen LogP contribution in [0.15, 0.2) is 58.3 Å². The first-order valence-electron chi connectivity index (χ1n) is 12.2. The normalized spacial score (nSPS) is 12.7. The highest BCUT2D eigenvalue weighted by molar-refractivity contribution is 7.99. The van der Waals surface area contributed by atoms with Crippen LogP contribution in [0.4, 0.5) is 0 Å². The smallest absolute Gasteiger partial charge is 0.310 e. The van der Waals surface area contributed by atoms with Gasteiger partial charge in [-0.1, -0.05) is 11.8 Å². The van der Waals surface area contributed by atoms with Crippen LogP contribution in [-0.4, -0.2) is 99.6 Å². The fraction of sp³-hybridized carbons (Fsp3) is 0.481. The Morgan fingerprint density at radius 3 is 1.89 bits per heavy atom. The van der Waals surface area contributed by atoms with Crippen LogP contribution in [-0.2, 0) is 19.1 Å². The van der Waals surface area contributed by atoms with Gasteiger partial charge in [-0.05, 0) is 76.7 Å². The number of aliphatic hydroxyl groups is 1. The van der Waals surface area contributed by atoms with Crippen LogP contribution < -0.4 is 9.47 Å². The van der Waals surface area contributed by atoms with Gasteiger partial charge in [-0.15, -0.1) is 11.6 Å². The van der Waals surface area contributed by atoms with Crippen LogP contribution in [0.1, 0.15) is 12.8 Å². The molecule has 0 radical (unpaired) electrons. The van der Waals surface area contributed by atoms with Gasteiger partial charge in [0.15, 0.2) is 0 Å². The molecule has 2 rings (SSSR count). The van der Waals surface area contributed by atoms with Gasteiger partial charge in [0.2, 0.25) is 0 Å². The zero-order valence-electron chi connectivity index (χ0n) is 22.3. The molecule has 0 spiro atoms. The molecule has 2 unspecified atom stereocenters. The highest BCUT2D eigenvalue weighted by atomic mass is 35.5. The highest BCUT2D eigenvalue weighted by Gasteiger charge is 2.15. The second-order valence-electron chi connectivity index (χ2n) is 8.99. The first-order chi connectivity index (χ1) is 18.1. The van der Waals surface area contributed by atoms with Crippen LogP contribution in [0.25, 0.3) is 0 Å². The minimum Gasteiger partial charge on any atom is -0.491 e. The standard InChI is InChI=1S/C27H37ClN2O7S/c1-29(2)15-13-25(32)35-19-20(31)18-34-21-5-9-23(10-6-21)38-24-11-7-22(8-12-24)36-27(17-28)37-26(33)14-16-30(3)4/h5-12,20,27,31H,13-19H2,1-4H3. The summed E-state index contributed by atoms with van der Waals surface area (Å²) in [5.41, 5.74) is 0. The van der Waals surface area contributed by atoms with Crippen molar-refractivity contribution in [2.75, 3.05) is 60.4 Å². The average molecular weight is 569 g/mol. The van der Waals surface area contributed by atoms with Gasteiger partial charge in [-0.25, -0.2) is 0 Å². The van der Waals surface area contributed by atoms with E-state index in [0.717, 1.165) is 9.79 Å². The summed E-state index contributed by atoms with van der Waals surface area (Å²) in [6.45, 7) is 1.09. The summed E-state index contributed by atoms with van der Waals surface area (Å²) in [6, 6.07) is 14.8. The number of benzene rings is 2. The van der Waals surface area contributed by atoms with Crippen molar-refractivity contribution >= 4 is 35.3 Å². The number of carbonyl (C=O) groups is 2. The molecule has 0 aromatic heterocycles. The zero-order chi connectivity index (χ0) is 27.9. The average Bonchev–Trinajstić information content (AvgIpc) is 2.89. The monoisotopic (exact) mass is 568 g/mol. The zero-order valence-corrected chi connectivity index (χ0v) is 23.9.